The van der Waals surface area contributed by atoms with Crippen LogP contribution >= 0.6 is 0 Å². The second kappa shape index (κ2) is 6.93. The minimum atomic E-state index is -1.06. The topological polar surface area (TPSA) is 95.4 Å². The summed E-state index contributed by atoms with van der Waals surface area (Å²) < 4.78 is 0. The van der Waals surface area contributed by atoms with Gasteiger partial charge in [-0.15, -0.1) is 0 Å². The van der Waals surface area contributed by atoms with Crippen molar-refractivity contribution in [1.82, 2.24) is 15.3 Å². The van der Waals surface area contributed by atoms with E-state index in [1.165, 1.54) is 19.0 Å². The Morgan fingerprint density at radius 2 is 1.91 bits per heavy atom. The molecule has 2 aliphatic rings. The Hall–Kier alpha value is -2.18. The Kier molecular flexibility index (Phi) is 4.73. The largest absolute Gasteiger partial charge is 0.476 e. The molecule has 1 aliphatic heterocycles. The molecule has 0 unspecified atom stereocenters. The van der Waals surface area contributed by atoms with E-state index in [0.717, 1.165) is 32.5 Å². The first-order valence-electron chi connectivity index (χ1n) is 8.19. The van der Waals surface area contributed by atoms with Gasteiger partial charge >= 0.3 is 5.97 Å². The third-order valence-corrected chi connectivity index (χ3v) is 4.54. The summed E-state index contributed by atoms with van der Waals surface area (Å²) in [5.74, 6) is 0.825. The van der Waals surface area contributed by atoms with Crippen LogP contribution in [0.1, 0.15) is 42.6 Å². The van der Waals surface area contributed by atoms with Gasteiger partial charge in [-0.05, 0) is 37.5 Å². The van der Waals surface area contributed by atoms with Crippen molar-refractivity contribution in [2.24, 2.45) is 11.8 Å². The second-order valence-corrected chi connectivity index (χ2v) is 6.45. The van der Waals surface area contributed by atoms with Gasteiger partial charge in [0.2, 0.25) is 5.91 Å². The predicted molar refractivity (Wildman–Crippen MR) is 84.3 cm³/mol. The maximum absolute atomic E-state index is 11.7. The van der Waals surface area contributed by atoms with Crippen LogP contribution < -0.4 is 10.2 Å². The maximum Gasteiger partial charge on any atom is 0.356 e. The predicted octanol–water partition coefficient (Wildman–Crippen LogP) is 1.31. The summed E-state index contributed by atoms with van der Waals surface area (Å²) >= 11 is 0. The Bertz CT molecular complexity index is 580. The first kappa shape index (κ1) is 15.7. The van der Waals surface area contributed by atoms with Gasteiger partial charge in [0, 0.05) is 26.1 Å². The van der Waals surface area contributed by atoms with E-state index in [1.54, 1.807) is 6.20 Å². The molecule has 0 radical (unpaired) electrons. The molecule has 1 saturated carbocycles. The number of nitrogens with one attached hydrogen (secondary N) is 1. The average Bonchev–Trinajstić information content (AvgIpc) is 3.37. The van der Waals surface area contributed by atoms with Crippen molar-refractivity contribution in [3.8, 4) is 0 Å². The monoisotopic (exact) mass is 318 g/mol. The van der Waals surface area contributed by atoms with Gasteiger partial charge in [0.05, 0.1) is 12.4 Å². The van der Waals surface area contributed by atoms with Gasteiger partial charge in [0.25, 0.3) is 0 Å². The molecule has 0 spiro atoms. The number of carbonyl (C=O) groups is 2. The van der Waals surface area contributed by atoms with Gasteiger partial charge in [0.1, 0.15) is 5.82 Å². The van der Waals surface area contributed by atoms with E-state index in [9.17, 15) is 9.59 Å². The minimum absolute atomic E-state index is 0.0306. The van der Waals surface area contributed by atoms with Crippen molar-refractivity contribution >= 4 is 17.7 Å². The van der Waals surface area contributed by atoms with E-state index in [4.69, 9.17) is 5.11 Å². The van der Waals surface area contributed by atoms with Gasteiger partial charge < -0.3 is 15.3 Å². The highest BCUT2D eigenvalue weighted by molar-refractivity contribution is 5.85. The zero-order chi connectivity index (χ0) is 16.2. The zero-order valence-corrected chi connectivity index (χ0v) is 13.1. The van der Waals surface area contributed by atoms with Crippen LogP contribution in [0.2, 0.25) is 0 Å². The smallest absolute Gasteiger partial charge is 0.356 e. The van der Waals surface area contributed by atoms with E-state index in [0.29, 0.717) is 24.1 Å². The van der Waals surface area contributed by atoms with Crippen LogP contribution in [0.25, 0.3) is 0 Å². The fraction of sp³-hybridized carbons (Fsp3) is 0.625. The fourth-order valence-electron chi connectivity index (χ4n) is 2.89. The standard InChI is InChI=1S/C16H22N4O3/c21-15(7-11-1-2-11)18-8-12-3-5-20(6-4-12)14-10-17-9-13(19-14)16(22)23/h9-12H,1-8H2,(H,18,21)(H,22,23). The summed E-state index contributed by atoms with van der Waals surface area (Å²) in [6.45, 7) is 2.35. The van der Waals surface area contributed by atoms with Crippen LogP contribution in [-0.2, 0) is 4.79 Å². The van der Waals surface area contributed by atoms with Crippen molar-refractivity contribution in [2.45, 2.75) is 32.1 Å². The fourth-order valence-corrected chi connectivity index (χ4v) is 2.89. The number of aromatic nitrogens is 2. The number of piperidine rings is 1. The van der Waals surface area contributed by atoms with Crippen LogP contribution in [0.15, 0.2) is 12.4 Å². The lowest BCUT2D eigenvalue weighted by atomic mass is 9.96. The number of carboxylic acids is 1. The lowest BCUT2D eigenvalue weighted by Gasteiger charge is -2.32. The zero-order valence-electron chi connectivity index (χ0n) is 13.1. The number of aromatic carboxylic acids is 1. The van der Waals surface area contributed by atoms with Gasteiger partial charge in [0.15, 0.2) is 5.69 Å². The van der Waals surface area contributed by atoms with Crippen LogP contribution in [0.3, 0.4) is 0 Å². The number of carboxylic acid groups (broad SMARTS) is 1. The van der Waals surface area contributed by atoms with Crippen molar-refractivity contribution < 1.29 is 14.7 Å². The summed E-state index contributed by atoms with van der Waals surface area (Å²) in [6.07, 6.45) is 7.85. The van der Waals surface area contributed by atoms with E-state index in [1.807, 2.05) is 0 Å². The van der Waals surface area contributed by atoms with Crippen molar-refractivity contribution in [1.29, 1.82) is 0 Å². The first-order chi connectivity index (χ1) is 11.1. The Morgan fingerprint density at radius 1 is 1.17 bits per heavy atom. The summed E-state index contributed by atoms with van der Waals surface area (Å²) in [5, 5.41) is 12.0. The van der Waals surface area contributed by atoms with Crippen molar-refractivity contribution in [3.63, 3.8) is 0 Å². The molecule has 1 saturated heterocycles. The molecule has 1 aromatic rings. The van der Waals surface area contributed by atoms with E-state index < -0.39 is 5.97 Å². The quantitative estimate of drug-likeness (QED) is 0.821. The molecule has 124 valence electrons. The lowest BCUT2D eigenvalue weighted by Crippen LogP contribution is -2.39. The lowest BCUT2D eigenvalue weighted by molar-refractivity contribution is -0.121. The third-order valence-electron chi connectivity index (χ3n) is 4.54. The number of amides is 1. The molecule has 23 heavy (non-hydrogen) atoms. The van der Waals surface area contributed by atoms with Gasteiger partial charge in [-0.25, -0.2) is 9.78 Å². The average molecular weight is 318 g/mol. The number of hydrogen-bond acceptors (Lipinski definition) is 5. The SMILES string of the molecule is O=C(CC1CC1)NCC1CCN(c2cncc(C(=O)O)n2)CC1. The van der Waals surface area contributed by atoms with E-state index in [2.05, 4.69) is 20.2 Å². The molecule has 7 nitrogen and oxygen atoms in total. The molecule has 1 aromatic heterocycles. The Morgan fingerprint density at radius 3 is 2.57 bits per heavy atom. The normalized spacial score (nSPS) is 18.7. The Balaban J connectivity index is 1.45. The van der Waals surface area contributed by atoms with Crippen molar-refractivity contribution in [3.05, 3.63) is 18.1 Å². The molecule has 3 rings (SSSR count). The highest BCUT2D eigenvalue weighted by Crippen LogP contribution is 2.32. The number of rotatable bonds is 6. The molecule has 1 amide bonds. The summed E-state index contributed by atoms with van der Waals surface area (Å²) in [4.78, 5) is 32.8. The summed E-state index contributed by atoms with van der Waals surface area (Å²) in [7, 11) is 0. The number of hydrogen-bond donors (Lipinski definition) is 2. The van der Waals surface area contributed by atoms with Gasteiger partial charge in [-0.2, -0.15) is 0 Å². The van der Waals surface area contributed by atoms with Gasteiger partial charge in [-0.1, -0.05) is 0 Å². The highest BCUT2D eigenvalue weighted by atomic mass is 16.4. The Labute approximate surface area is 135 Å². The molecule has 2 heterocycles. The number of carbonyl (C=O) groups excluding carboxylic acids is 1. The molecule has 7 heteroatoms. The highest BCUT2D eigenvalue weighted by Gasteiger charge is 2.25. The maximum atomic E-state index is 11.7. The first-order valence-corrected chi connectivity index (χ1v) is 8.19. The van der Waals surface area contributed by atoms with Crippen LogP contribution in [0, 0.1) is 11.8 Å². The van der Waals surface area contributed by atoms with E-state index in [-0.39, 0.29) is 11.6 Å². The van der Waals surface area contributed by atoms with Gasteiger partial charge in [-0.3, -0.25) is 9.78 Å². The summed E-state index contributed by atoms with van der Waals surface area (Å²) in [6, 6.07) is 0. The van der Waals surface area contributed by atoms with Crippen LogP contribution in [0.4, 0.5) is 5.82 Å². The molecular weight excluding hydrogens is 296 g/mol. The van der Waals surface area contributed by atoms with Crippen molar-refractivity contribution in [2.75, 3.05) is 24.5 Å². The number of anilines is 1. The number of nitrogens with zero attached hydrogens (tertiary/aromatic N) is 3. The van der Waals surface area contributed by atoms with Crippen LogP contribution in [-0.4, -0.2) is 46.6 Å². The van der Waals surface area contributed by atoms with E-state index >= 15 is 0 Å². The molecular formula is C16H22N4O3. The molecule has 1 aliphatic carbocycles. The molecule has 0 aromatic carbocycles. The second-order valence-electron chi connectivity index (χ2n) is 6.45. The molecule has 2 fully saturated rings. The summed E-state index contributed by atoms with van der Waals surface area (Å²) in [5.41, 5.74) is -0.0306. The molecule has 2 N–H and O–H groups in total. The third kappa shape index (κ3) is 4.40. The van der Waals surface area contributed by atoms with Crippen LogP contribution in [0.5, 0.6) is 0 Å². The molecule has 0 atom stereocenters. The minimum Gasteiger partial charge on any atom is -0.476 e. The molecule has 0 bridgehead atoms.